The molecule has 0 bridgehead atoms. The molecule has 55 heavy (non-hydrogen) atoms. The summed E-state index contributed by atoms with van der Waals surface area (Å²) < 4.78 is 21.1. The van der Waals surface area contributed by atoms with Crippen LogP contribution in [0.5, 0.6) is 5.75 Å². The number of β-lactam (4-membered cyclic amide) rings is 1. The molecule has 0 aliphatic carbocycles. The summed E-state index contributed by atoms with van der Waals surface area (Å²) in [6, 6.07) is 17.8. The highest BCUT2D eigenvalue weighted by molar-refractivity contribution is 8.14. The van der Waals surface area contributed by atoms with Crippen LogP contribution in [0.1, 0.15) is 43.4 Å². The normalized spacial score (nSPS) is 18.6. The maximum Gasteiger partial charge on any atom is 0.508 e. The van der Waals surface area contributed by atoms with Crippen LogP contribution in [-0.2, 0) is 43.6 Å². The number of rotatable bonds is 14. The van der Waals surface area contributed by atoms with Crippen LogP contribution in [0.2, 0.25) is 0 Å². The molecule has 2 saturated heterocycles. The van der Waals surface area contributed by atoms with Gasteiger partial charge >= 0.3 is 12.2 Å². The number of aliphatic imine (C=N–C) groups is 1. The van der Waals surface area contributed by atoms with Crippen molar-refractivity contribution in [2.45, 2.75) is 63.8 Å². The Hall–Kier alpha value is -6.04. The number of nitrogens with zero attached hydrogens (tertiary/aromatic N) is 5. The SMILES string of the molecule is COc1ccc(CN2C(=O)[C@H]([C@@H](C)OC(=O)OCc3ccc([N+](=O)[O-])cc3)[C@H]2CC(=O)S[C@H]2CCN(/C(C)=N/C(=O)OCc3ccc([N+](=O)[O-])cc3)C2)cc1. The highest BCUT2D eigenvalue weighted by Gasteiger charge is 2.52. The zero-order valence-corrected chi connectivity index (χ0v) is 31.0. The predicted octanol–water partition coefficient (Wildman–Crippen LogP) is 6.06. The second-order valence-corrected chi connectivity index (χ2v) is 14.2. The fourth-order valence-electron chi connectivity index (χ4n) is 6.24. The minimum absolute atomic E-state index is 0.00130. The first-order valence-corrected chi connectivity index (χ1v) is 18.1. The standard InChI is InChI=1S/C37H39N5O12S/c1-23(54-37(46)53-22-27-6-12-29(13-7-27)42(49)50)34-32(40(35(34)44)19-25-8-14-30(51-3)15-9-25)18-33(43)55-31-16-17-39(20-31)24(2)38-36(45)52-21-26-4-10-28(11-5-26)41(47)48/h4-15,23,31-32,34H,16-22H2,1-3H3/b38-24+/t23-,31+,32-,34-/m1/s1. The fourth-order valence-corrected chi connectivity index (χ4v) is 7.35. The van der Waals surface area contributed by atoms with Crippen LogP contribution >= 0.6 is 11.8 Å². The molecule has 2 aliphatic heterocycles. The molecule has 0 spiro atoms. The number of amides is 2. The number of benzene rings is 3. The number of likely N-dealkylation sites (tertiary alicyclic amines) is 2. The molecule has 18 heteroatoms. The molecule has 290 valence electrons. The van der Waals surface area contributed by atoms with Crippen LogP contribution in [0.4, 0.5) is 21.0 Å². The predicted molar refractivity (Wildman–Crippen MR) is 198 cm³/mol. The highest BCUT2D eigenvalue weighted by atomic mass is 32.2. The number of non-ortho nitro benzene ring substituents is 2. The topological polar surface area (TPSA) is 210 Å². The highest BCUT2D eigenvalue weighted by Crippen LogP contribution is 2.37. The smallest absolute Gasteiger partial charge is 0.497 e. The first-order valence-electron chi connectivity index (χ1n) is 17.2. The molecule has 2 amide bonds. The molecule has 5 rings (SSSR count). The maximum atomic E-state index is 13.5. The number of nitro benzene ring substituents is 2. The van der Waals surface area contributed by atoms with Gasteiger partial charge in [0.15, 0.2) is 5.12 Å². The number of methoxy groups -OCH3 is 1. The third kappa shape index (κ3) is 10.8. The van der Waals surface area contributed by atoms with Gasteiger partial charge in [-0.15, -0.1) is 0 Å². The molecular formula is C37H39N5O12S. The van der Waals surface area contributed by atoms with E-state index in [-0.39, 0.29) is 53.8 Å². The zero-order chi connectivity index (χ0) is 39.6. The van der Waals surface area contributed by atoms with Crippen molar-refractivity contribution in [3.05, 3.63) is 110 Å². The van der Waals surface area contributed by atoms with Gasteiger partial charge < -0.3 is 28.7 Å². The van der Waals surface area contributed by atoms with Crippen molar-refractivity contribution >= 4 is 52.2 Å². The Kier molecular flexibility index (Phi) is 13.4. The summed E-state index contributed by atoms with van der Waals surface area (Å²) in [4.78, 5) is 80.2. The largest absolute Gasteiger partial charge is 0.508 e. The number of hydrogen-bond donors (Lipinski definition) is 0. The molecule has 2 aliphatic rings. The van der Waals surface area contributed by atoms with Crippen molar-refractivity contribution in [3.8, 4) is 5.75 Å². The Morgan fingerprint density at radius 3 is 2.02 bits per heavy atom. The molecule has 2 heterocycles. The fraction of sp³-hybridized carbons (Fsp3) is 0.378. The molecule has 0 N–H and O–H groups in total. The second kappa shape index (κ2) is 18.3. The minimum Gasteiger partial charge on any atom is -0.497 e. The average Bonchev–Trinajstić information content (AvgIpc) is 3.64. The monoisotopic (exact) mass is 777 g/mol. The maximum absolute atomic E-state index is 13.5. The lowest BCUT2D eigenvalue weighted by atomic mass is 9.81. The van der Waals surface area contributed by atoms with Crippen LogP contribution in [0.3, 0.4) is 0 Å². The number of nitro groups is 2. The molecule has 2 fully saturated rings. The van der Waals surface area contributed by atoms with Gasteiger partial charge in [-0.25, -0.2) is 9.59 Å². The summed E-state index contributed by atoms with van der Waals surface area (Å²) in [6.45, 7) is 4.16. The number of carbonyl (C=O) groups is 4. The number of thioether (sulfide) groups is 1. The van der Waals surface area contributed by atoms with Gasteiger partial charge in [-0.05, 0) is 73.4 Å². The third-order valence-electron chi connectivity index (χ3n) is 9.23. The summed E-state index contributed by atoms with van der Waals surface area (Å²) in [5.74, 6) is -0.0141. The lowest BCUT2D eigenvalue weighted by Crippen LogP contribution is -2.64. The lowest BCUT2D eigenvalue weighted by Gasteiger charge is -2.48. The molecule has 0 aromatic heterocycles. The Balaban J connectivity index is 1.15. The molecule has 4 atom stereocenters. The summed E-state index contributed by atoms with van der Waals surface area (Å²) in [7, 11) is 1.55. The van der Waals surface area contributed by atoms with Crippen molar-refractivity contribution in [1.82, 2.24) is 9.80 Å². The molecule has 3 aromatic rings. The summed E-state index contributed by atoms with van der Waals surface area (Å²) >= 11 is 1.16. The van der Waals surface area contributed by atoms with Crippen molar-refractivity contribution in [2.75, 3.05) is 20.2 Å². The lowest BCUT2D eigenvalue weighted by molar-refractivity contribution is -0.385. The van der Waals surface area contributed by atoms with E-state index in [1.54, 1.807) is 38.0 Å². The molecule has 0 saturated carbocycles. The van der Waals surface area contributed by atoms with Gasteiger partial charge in [0.1, 0.15) is 30.9 Å². The van der Waals surface area contributed by atoms with Crippen LogP contribution in [0, 0.1) is 26.1 Å². The Morgan fingerprint density at radius 2 is 1.45 bits per heavy atom. The Bertz CT molecular complexity index is 1920. The third-order valence-corrected chi connectivity index (χ3v) is 10.4. The number of amidine groups is 1. The van der Waals surface area contributed by atoms with E-state index in [0.29, 0.717) is 42.2 Å². The Labute approximate surface area is 319 Å². The van der Waals surface area contributed by atoms with Crippen molar-refractivity contribution in [1.29, 1.82) is 0 Å². The van der Waals surface area contributed by atoms with E-state index in [1.807, 2.05) is 17.0 Å². The van der Waals surface area contributed by atoms with Crippen molar-refractivity contribution < 1.29 is 48.0 Å². The number of ether oxygens (including phenoxy) is 4. The van der Waals surface area contributed by atoms with E-state index >= 15 is 0 Å². The molecule has 17 nitrogen and oxygen atoms in total. The van der Waals surface area contributed by atoms with Crippen LogP contribution in [-0.4, -0.2) is 86.3 Å². The van der Waals surface area contributed by atoms with Gasteiger partial charge in [0, 0.05) is 55.6 Å². The van der Waals surface area contributed by atoms with Gasteiger partial charge in [0.2, 0.25) is 5.91 Å². The summed E-state index contributed by atoms with van der Waals surface area (Å²) in [6.07, 6.45) is -2.12. The zero-order valence-electron chi connectivity index (χ0n) is 30.2. The van der Waals surface area contributed by atoms with E-state index in [0.717, 1.165) is 17.3 Å². The quantitative estimate of drug-likeness (QED) is 0.0455. The van der Waals surface area contributed by atoms with Crippen molar-refractivity contribution in [3.63, 3.8) is 0 Å². The first-order chi connectivity index (χ1) is 26.3. The van der Waals surface area contributed by atoms with Gasteiger partial charge in [-0.3, -0.25) is 29.8 Å². The molecule has 0 unspecified atom stereocenters. The van der Waals surface area contributed by atoms with Gasteiger partial charge in [0.05, 0.1) is 28.9 Å². The average molecular weight is 778 g/mol. The number of carbonyl (C=O) groups excluding carboxylic acids is 4. The summed E-state index contributed by atoms with van der Waals surface area (Å²) in [5.41, 5.74) is 1.72. The van der Waals surface area contributed by atoms with Crippen molar-refractivity contribution in [2.24, 2.45) is 10.9 Å². The molecule has 3 aromatic carbocycles. The molecule has 0 radical (unpaired) electrons. The molecular weight excluding hydrogens is 738 g/mol. The van der Waals surface area contributed by atoms with Gasteiger partial charge in [-0.1, -0.05) is 23.9 Å². The minimum atomic E-state index is -1.02. The number of hydrogen-bond acceptors (Lipinski definition) is 13. The second-order valence-electron chi connectivity index (χ2n) is 12.9. The van der Waals surface area contributed by atoms with Crippen LogP contribution < -0.4 is 4.74 Å². The van der Waals surface area contributed by atoms with E-state index in [1.165, 1.54) is 48.5 Å². The van der Waals surface area contributed by atoms with E-state index in [4.69, 9.17) is 18.9 Å². The van der Waals surface area contributed by atoms with Crippen LogP contribution in [0.15, 0.2) is 77.8 Å². The van der Waals surface area contributed by atoms with Crippen LogP contribution in [0.25, 0.3) is 0 Å². The summed E-state index contributed by atoms with van der Waals surface area (Å²) in [5, 5.41) is 21.5. The van der Waals surface area contributed by atoms with Gasteiger partial charge in [-0.2, -0.15) is 4.99 Å². The van der Waals surface area contributed by atoms with E-state index in [2.05, 4.69) is 4.99 Å². The van der Waals surface area contributed by atoms with Gasteiger partial charge in [0.25, 0.3) is 11.4 Å². The Morgan fingerprint density at radius 1 is 0.891 bits per heavy atom. The first kappa shape index (κ1) is 40.2. The van der Waals surface area contributed by atoms with E-state index in [9.17, 15) is 39.4 Å². The van der Waals surface area contributed by atoms with E-state index < -0.39 is 40.2 Å².